The molecule has 0 aliphatic carbocycles. The largest absolute Gasteiger partial charge is 0.390 e. The lowest BCUT2D eigenvalue weighted by molar-refractivity contribution is -0.0766. The van der Waals surface area contributed by atoms with Gasteiger partial charge in [0.1, 0.15) is 0 Å². The summed E-state index contributed by atoms with van der Waals surface area (Å²) in [6.07, 6.45) is 2.20. The summed E-state index contributed by atoms with van der Waals surface area (Å²) in [5, 5.41) is 13.0. The lowest BCUT2D eigenvalue weighted by Gasteiger charge is -2.29. The highest BCUT2D eigenvalue weighted by atomic mass is 16.5. The van der Waals surface area contributed by atoms with Crippen LogP contribution in [-0.4, -0.2) is 23.4 Å². The van der Waals surface area contributed by atoms with Crippen LogP contribution < -0.4 is 0 Å². The van der Waals surface area contributed by atoms with E-state index in [1.165, 1.54) is 16.3 Å². The van der Waals surface area contributed by atoms with Crippen LogP contribution in [0.1, 0.15) is 25.3 Å². The van der Waals surface area contributed by atoms with Crippen molar-refractivity contribution in [2.24, 2.45) is 0 Å². The maximum atomic E-state index is 10.5. The van der Waals surface area contributed by atoms with Gasteiger partial charge in [-0.05, 0) is 36.1 Å². The molecule has 2 unspecified atom stereocenters. The van der Waals surface area contributed by atoms with E-state index in [9.17, 15) is 5.11 Å². The predicted molar refractivity (Wildman–Crippen MR) is 77.2 cm³/mol. The molecule has 1 saturated heterocycles. The Morgan fingerprint density at radius 1 is 1.21 bits per heavy atom. The molecule has 2 atom stereocenters. The first-order valence-corrected chi connectivity index (χ1v) is 6.98. The van der Waals surface area contributed by atoms with E-state index < -0.39 is 6.10 Å². The molecule has 2 heteroatoms. The van der Waals surface area contributed by atoms with Crippen molar-refractivity contribution in [1.82, 2.24) is 0 Å². The molecule has 1 N–H and O–H groups in total. The van der Waals surface area contributed by atoms with Crippen LogP contribution in [0.25, 0.3) is 10.8 Å². The quantitative estimate of drug-likeness (QED) is 0.913. The van der Waals surface area contributed by atoms with E-state index in [4.69, 9.17) is 4.74 Å². The number of fused-ring (bicyclic) bond motifs is 1. The third-order valence-electron chi connectivity index (χ3n) is 4.25. The van der Waals surface area contributed by atoms with Gasteiger partial charge in [0.05, 0.1) is 11.7 Å². The van der Waals surface area contributed by atoms with E-state index in [1.807, 2.05) is 19.1 Å². The fourth-order valence-electron chi connectivity index (χ4n) is 2.96. The summed E-state index contributed by atoms with van der Waals surface area (Å²) < 4.78 is 5.74. The van der Waals surface area contributed by atoms with Gasteiger partial charge in [-0.15, -0.1) is 0 Å². The van der Waals surface area contributed by atoms with Gasteiger partial charge in [-0.1, -0.05) is 42.5 Å². The van der Waals surface area contributed by atoms with Gasteiger partial charge < -0.3 is 9.84 Å². The smallest absolute Gasteiger partial charge is 0.0916 e. The second-order valence-corrected chi connectivity index (χ2v) is 5.62. The molecule has 2 aromatic carbocycles. The summed E-state index contributed by atoms with van der Waals surface area (Å²) in [6.45, 7) is 2.79. The third kappa shape index (κ3) is 2.38. The summed E-state index contributed by atoms with van der Waals surface area (Å²) >= 11 is 0. The molecular weight excluding hydrogens is 236 g/mol. The number of ether oxygens (including phenoxy) is 1. The molecular formula is C17H20O2. The van der Waals surface area contributed by atoms with Gasteiger partial charge >= 0.3 is 0 Å². The number of aliphatic hydroxyl groups excluding tert-OH is 1. The van der Waals surface area contributed by atoms with Crippen molar-refractivity contribution in [1.29, 1.82) is 0 Å². The van der Waals surface area contributed by atoms with Crippen LogP contribution in [0.3, 0.4) is 0 Å². The molecule has 0 aromatic heterocycles. The normalized spacial score (nSPS) is 24.7. The molecule has 0 bridgehead atoms. The Kier molecular flexibility index (Phi) is 3.29. The summed E-state index contributed by atoms with van der Waals surface area (Å²) in [5.41, 5.74) is 0.819. The van der Waals surface area contributed by atoms with E-state index >= 15 is 0 Å². The van der Waals surface area contributed by atoms with Gasteiger partial charge in [-0.3, -0.25) is 0 Å². The second kappa shape index (κ2) is 4.95. The molecule has 0 saturated carbocycles. The van der Waals surface area contributed by atoms with Crippen molar-refractivity contribution in [2.45, 2.75) is 37.9 Å². The zero-order valence-corrected chi connectivity index (χ0v) is 11.3. The molecule has 0 amide bonds. The SMILES string of the molecule is CC1(C(O)Cc2cccc3ccccc23)CCCO1. The van der Waals surface area contributed by atoms with Crippen molar-refractivity contribution in [2.75, 3.05) is 6.61 Å². The maximum absolute atomic E-state index is 10.5. The molecule has 100 valence electrons. The molecule has 1 aliphatic heterocycles. The van der Waals surface area contributed by atoms with Crippen LogP contribution in [-0.2, 0) is 11.2 Å². The first kappa shape index (κ1) is 12.6. The van der Waals surface area contributed by atoms with Gasteiger partial charge in [0.15, 0.2) is 0 Å². The fraction of sp³-hybridized carbons (Fsp3) is 0.412. The molecule has 3 rings (SSSR count). The van der Waals surface area contributed by atoms with Crippen LogP contribution in [0.2, 0.25) is 0 Å². The minimum Gasteiger partial charge on any atom is -0.390 e. The minimum atomic E-state index is -0.444. The van der Waals surface area contributed by atoms with Crippen LogP contribution >= 0.6 is 0 Å². The van der Waals surface area contributed by atoms with Gasteiger partial charge in [0.25, 0.3) is 0 Å². The lowest BCUT2D eigenvalue weighted by atomic mass is 9.89. The number of aliphatic hydroxyl groups is 1. The Morgan fingerprint density at radius 2 is 2.00 bits per heavy atom. The van der Waals surface area contributed by atoms with Gasteiger partial charge in [-0.25, -0.2) is 0 Å². The van der Waals surface area contributed by atoms with Crippen molar-refractivity contribution in [3.8, 4) is 0 Å². The summed E-state index contributed by atoms with van der Waals surface area (Å²) in [5.74, 6) is 0. The predicted octanol–water partition coefficient (Wildman–Crippen LogP) is 3.31. The van der Waals surface area contributed by atoms with Gasteiger partial charge in [0.2, 0.25) is 0 Å². The van der Waals surface area contributed by atoms with Crippen molar-refractivity contribution in [3.05, 3.63) is 48.0 Å². The molecule has 1 aliphatic rings. The van der Waals surface area contributed by atoms with Crippen LogP contribution in [0, 0.1) is 0 Å². The monoisotopic (exact) mass is 256 g/mol. The van der Waals surface area contributed by atoms with Crippen molar-refractivity contribution in [3.63, 3.8) is 0 Å². The number of hydrogen-bond donors (Lipinski definition) is 1. The highest BCUT2D eigenvalue weighted by Gasteiger charge is 2.37. The molecule has 2 nitrogen and oxygen atoms in total. The highest BCUT2D eigenvalue weighted by molar-refractivity contribution is 5.85. The summed E-state index contributed by atoms with van der Waals surface area (Å²) in [7, 11) is 0. The molecule has 1 heterocycles. The molecule has 1 fully saturated rings. The Balaban J connectivity index is 1.89. The number of rotatable bonds is 3. The first-order chi connectivity index (χ1) is 9.19. The third-order valence-corrected chi connectivity index (χ3v) is 4.25. The minimum absolute atomic E-state index is 0.378. The Morgan fingerprint density at radius 3 is 2.79 bits per heavy atom. The average molecular weight is 256 g/mol. The maximum Gasteiger partial charge on any atom is 0.0916 e. The summed E-state index contributed by atoms with van der Waals surface area (Å²) in [4.78, 5) is 0. The fourth-order valence-corrected chi connectivity index (χ4v) is 2.96. The van der Waals surface area contributed by atoms with Crippen LogP contribution in [0.4, 0.5) is 0 Å². The number of hydrogen-bond acceptors (Lipinski definition) is 2. The van der Waals surface area contributed by atoms with Crippen molar-refractivity contribution < 1.29 is 9.84 Å². The summed E-state index contributed by atoms with van der Waals surface area (Å²) in [6, 6.07) is 14.6. The van der Waals surface area contributed by atoms with Gasteiger partial charge in [-0.2, -0.15) is 0 Å². The Labute approximate surface area is 114 Å². The molecule has 19 heavy (non-hydrogen) atoms. The standard InChI is InChI=1S/C17H20O2/c1-17(10-5-11-19-17)16(18)12-14-8-4-7-13-6-2-3-9-15(13)14/h2-4,6-9,16,18H,5,10-12H2,1H3. The molecule has 0 radical (unpaired) electrons. The van der Waals surface area contributed by atoms with E-state index in [0.717, 1.165) is 19.4 Å². The Bertz CT molecular complexity index is 565. The van der Waals surface area contributed by atoms with Gasteiger partial charge in [0, 0.05) is 13.0 Å². The van der Waals surface area contributed by atoms with E-state index in [2.05, 4.69) is 30.3 Å². The average Bonchev–Trinajstić information content (AvgIpc) is 2.87. The van der Waals surface area contributed by atoms with E-state index in [1.54, 1.807) is 0 Å². The zero-order valence-electron chi connectivity index (χ0n) is 11.3. The number of benzene rings is 2. The zero-order chi connectivity index (χ0) is 13.3. The Hall–Kier alpha value is -1.38. The molecule has 0 spiro atoms. The van der Waals surface area contributed by atoms with Crippen LogP contribution in [0.15, 0.2) is 42.5 Å². The lowest BCUT2D eigenvalue weighted by Crippen LogP contribution is -2.40. The molecule has 2 aromatic rings. The highest BCUT2D eigenvalue weighted by Crippen LogP contribution is 2.31. The first-order valence-electron chi connectivity index (χ1n) is 6.98. The van der Waals surface area contributed by atoms with E-state index in [0.29, 0.717) is 6.42 Å². The van der Waals surface area contributed by atoms with Crippen molar-refractivity contribution >= 4 is 10.8 Å². The van der Waals surface area contributed by atoms with E-state index in [-0.39, 0.29) is 5.60 Å². The van der Waals surface area contributed by atoms with Crippen LogP contribution in [0.5, 0.6) is 0 Å². The second-order valence-electron chi connectivity index (χ2n) is 5.62. The topological polar surface area (TPSA) is 29.5 Å².